The van der Waals surface area contributed by atoms with E-state index < -0.39 is 0 Å². The maximum atomic E-state index is 12.6. The number of nitrogens with one attached hydrogen (secondary N) is 1. The molecule has 1 aliphatic heterocycles. The van der Waals surface area contributed by atoms with Gasteiger partial charge in [-0.05, 0) is 48.9 Å². The number of H-pyrrole nitrogens is 1. The molecule has 0 atom stereocenters. The number of hydrogen-bond acceptors (Lipinski definition) is 6. The van der Waals surface area contributed by atoms with Gasteiger partial charge >= 0.3 is 0 Å². The van der Waals surface area contributed by atoms with Crippen molar-refractivity contribution in [2.75, 3.05) is 24.6 Å². The molecule has 1 fully saturated rings. The minimum Gasteiger partial charge on any atom is -0.396 e. The predicted molar refractivity (Wildman–Crippen MR) is 117 cm³/mol. The third kappa shape index (κ3) is 4.27. The van der Waals surface area contributed by atoms with Gasteiger partial charge in [0, 0.05) is 32.1 Å². The second-order valence-electron chi connectivity index (χ2n) is 7.78. The predicted octanol–water partition coefficient (Wildman–Crippen LogP) is 2.21. The third-order valence-corrected chi connectivity index (χ3v) is 5.76. The molecule has 0 bridgehead atoms. The van der Waals surface area contributed by atoms with Crippen LogP contribution in [0, 0.1) is 0 Å². The zero-order valence-electron chi connectivity index (χ0n) is 16.8. The first kappa shape index (κ1) is 19.9. The average Bonchev–Trinajstić information content (AvgIpc) is 2.76. The fourth-order valence-electron chi connectivity index (χ4n) is 4.01. The Morgan fingerprint density at radius 3 is 2.73 bits per heavy atom. The van der Waals surface area contributed by atoms with Gasteiger partial charge in [-0.25, -0.2) is 9.97 Å². The van der Waals surface area contributed by atoms with Crippen LogP contribution in [0.5, 0.6) is 0 Å². The van der Waals surface area contributed by atoms with Crippen molar-refractivity contribution in [3.05, 3.63) is 58.3 Å². The topological polar surface area (TPSA) is 131 Å². The van der Waals surface area contributed by atoms with Crippen molar-refractivity contribution < 1.29 is 4.79 Å². The van der Waals surface area contributed by atoms with Crippen molar-refractivity contribution in [3.8, 4) is 0 Å². The lowest BCUT2D eigenvalue weighted by molar-refractivity contribution is -0.132. The van der Waals surface area contributed by atoms with Gasteiger partial charge in [0.2, 0.25) is 5.91 Å². The number of likely N-dealkylation sites (tertiary alicyclic amines) is 1. The van der Waals surface area contributed by atoms with Gasteiger partial charge in [-0.2, -0.15) is 0 Å². The van der Waals surface area contributed by atoms with Crippen LogP contribution in [0.15, 0.2) is 41.3 Å². The van der Waals surface area contributed by atoms with Crippen molar-refractivity contribution in [2.24, 2.45) is 0 Å². The van der Waals surface area contributed by atoms with E-state index in [0.29, 0.717) is 53.4 Å². The Bertz CT molecular complexity index is 1120. The first-order chi connectivity index (χ1) is 14.5. The number of piperidine rings is 1. The quantitative estimate of drug-likeness (QED) is 0.595. The molecular formula is C22H26N6O2. The Kier molecular flexibility index (Phi) is 5.65. The van der Waals surface area contributed by atoms with Crippen LogP contribution < -0.4 is 17.0 Å². The molecule has 0 unspecified atom stereocenters. The molecule has 0 spiro atoms. The molecule has 0 radical (unpaired) electrons. The number of aromatic nitrogens is 3. The highest BCUT2D eigenvalue weighted by molar-refractivity contribution is 5.77. The second-order valence-corrected chi connectivity index (χ2v) is 7.78. The van der Waals surface area contributed by atoms with E-state index in [2.05, 4.69) is 15.0 Å². The summed E-state index contributed by atoms with van der Waals surface area (Å²) < 4.78 is 0. The molecule has 1 saturated heterocycles. The van der Waals surface area contributed by atoms with Gasteiger partial charge in [-0.15, -0.1) is 0 Å². The molecule has 2 aromatic heterocycles. The smallest absolute Gasteiger partial charge is 0.258 e. The molecule has 3 aromatic rings. The molecule has 1 aromatic carbocycles. The summed E-state index contributed by atoms with van der Waals surface area (Å²) in [6.45, 7) is 1.44. The fourth-order valence-corrected chi connectivity index (χ4v) is 4.01. The minimum absolute atomic E-state index is 0.137. The largest absolute Gasteiger partial charge is 0.396 e. The Morgan fingerprint density at radius 1 is 1.20 bits per heavy atom. The van der Waals surface area contributed by atoms with E-state index in [4.69, 9.17) is 11.5 Å². The summed E-state index contributed by atoms with van der Waals surface area (Å²) in [6.07, 6.45) is 5.21. The SMILES string of the molecule is Nc1cc(C2CCN(C(=O)CCCc3nc4ccccc4c(=O)[nH]3)CC2)cnc1N. The molecule has 30 heavy (non-hydrogen) atoms. The van der Waals surface area contributed by atoms with Crippen LogP contribution in [-0.2, 0) is 11.2 Å². The van der Waals surface area contributed by atoms with E-state index in [1.54, 1.807) is 12.3 Å². The number of carbonyl (C=O) groups is 1. The summed E-state index contributed by atoms with van der Waals surface area (Å²) in [5, 5.41) is 0.582. The van der Waals surface area contributed by atoms with Crippen LogP contribution in [0.25, 0.3) is 10.9 Å². The summed E-state index contributed by atoms with van der Waals surface area (Å²) >= 11 is 0. The number of fused-ring (bicyclic) bond motifs is 1. The summed E-state index contributed by atoms with van der Waals surface area (Å²) in [5.41, 5.74) is 13.7. The van der Waals surface area contributed by atoms with Gasteiger partial charge in [-0.3, -0.25) is 9.59 Å². The van der Waals surface area contributed by atoms with Crippen molar-refractivity contribution in [2.45, 2.75) is 38.0 Å². The Balaban J connectivity index is 1.28. The van der Waals surface area contributed by atoms with Gasteiger partial charge in [0.1, 0.15) is 11.6 Å². The first-order valence-electron chi connectivity index (χ1n) is 10.3. The standard InChI is InChI=1S/C22H26N6O2/c23-17-12-15(13-25-21(17)24)14-8-10-28(11-9-14)20(29)7-3-6-19-26-18-5-2-1-4-16(18)22(30)27-19/h1-2,4-5,12-14H,3,6-11,23H2,(H2,24,25)(H,26,27,30). The first-order valence-corrected chi connectivity index (χ1v) is 10.3. The number of amides is 1. The number of pyridine rings is 1. The van der Waals surface area contributed by atoms with Crippen LogP contribution in [0.3, 0.4) is 0 Å². The molecular weight excluding hydrogens is 380 g/mol. The van der Waals surface area contributed by atoms with Crippen LogP contribution in [0.4, 0.5) is 11.5 Å². The van der Waals surface area contributed by atoms with Crippen molar-refractivity contribution in [3.63, 3.8) is 0 Å². The molecule has 8 nitrogen and oxygen atoms in total. The Morgan fingerprint density at radius 2 is 1.97 bits per heavy atom. The second kappa shape index (κ2) is 8.52. The van der Waals surface area contributed by atoms with E-state index in [1.165, 1.54) is 0 Å². The van der Waals surface area contributed by atoms with Gasteiger partial charge in [0.15, 0.2) is 0 Å². The van der Waals surface area contributed by atoms with Crippen LogP contribution >= 0.6 is 0 Å². The molecule has 1 aliphatic rings. The number of para-hydroxylation sites is 1. The van der Waals surface area contributed by atoms with Crippen LogP contribution in [-0.4, -0.2) is 38.8 Å². The van der Waals surface area contributed by atoms with Gasteiger partial charge in [0.05, 0.1) is 16.6 Å². The van der Waals surface area contributed by atoms with Gasteiger partial charge in [0.25, 0.3) is 5.56 Å². The van der Waals surface area contributed by atoms with Crippen LogP contribution in [0.2, 0.25) is 0 Å². The highest BCUT2D eigenvalue weighted by atomic mass is 16.2. The molecule has 0 saturated carbocycles. The lowest BCUT2D eigenvalue weighted by atomic mass is 9.90. The fraction of sp³-hybridized carbons (Fsp3) is 0.364. The monoisotopic (exact) mass is 406 g/mol. The molecule has 5 N–H and O–H groups in total. The Hall–Kier alpha value is -3.42. The highest BCUT2D eigenvalue weighted by Gasteiger charge is 2.24. The van der Waals surface area contributed by atoms with E-state index in [1.807, 2.05) is 29.2 Å². The van der Waals surface area contributed by atoms with E-state index in [9.17, 15) is 9.59 Å². The zero-order valence-corrected chi connectivity index (χ0v) is 16.8. The minimum atomic E-state index is -0.137. The summed E-state index contributed by atoms with van der Waals surface area (Å²) in [5.74, 6) is 1.47. The normalized spacial score (nSPS) is 14.9. The molecule has 4 rings (SSSR count). The van der Waals surface area contributed by atoms with E-state index >= 15 is 0 Å². The maximum absolute atomic E-state index is 12.6. The average molecular weight is 406 g/mol. The van der Waals surface area contributed by atoms with Gasteiger partial charge < -0.3 is 21.4 Å². The molecule has 1 amide bonds. The number of nitrogens with two attached hydrogens (primary N) is 2. The number of carbonyl (C=O) groups excluding carboxylic acids is 1. The maximum Gasteiger partial charge on any atom is 0.258 e. The van der Waals surface area contributed by atoms with E-state index in [0.717, 1.165) is 31.5 Å². The number of nitrogen functional groups attached to an aromatic ring is 2. The molecule has 156 valence electrons. The highest BCUT2D eigenvalue weighted by Crippen LogP contribution is 2.30. The summed E-state index contributed by atoms with van der Waals surface area (Å²) in [4.78, 5) is 38.1. The number of aryl methyl sites for hydroxylation is 1. The van der Waals surface area contributed by atoms with E-state index in [-0.39, 0.29) is 11.5 Å². The van der Waals surface area contributed by atoms with Crippen molar-refractivity contribution in [1.29, 1.82) is 0 Å². The third-order valence-electron chi connectivity index (χ3n) is 5.76. The number of aromatic amines is 1. The molecule has 3 heterocycles. The van der Waals surface area contributed by atoms with Crippen molar-refractivity contribution in [1.82, 2.24) is 19.9 Å². The lowest BCUT2D eigenvalue weighted by Crippen LogP contribution is -2.37. The number of hydrogen-bond donors (Lipinski definition) is 3. The summed E-state index contributed by atoms with van der Waals surface area (Å²) in [7, 11) is 0. The molecule has 0 aliphatic carbocycles. The lowest BCUT2D eigenvalue weighted by Gasteiger charge is -2.32. The zero-order chi connectivity index (χ0) is 21.1. The van der Waals surface area contributed by atoms with Crippen molar-refractivity contribution >= 4 is 28.3 Å². The van der Waals surface area contributed by atoms with Crippen LogP contribution in [0.1, 0.15) is 43.0 Å². The molecule has 8 heteroatoms. The Labute approximate surface area is 174 Å². The number of anilines is 2. The number of rotatable bonds is 5. The summed E-state index contributed by atoms with van der Waals surface area (Å²) in [6, 6.07) is 9.15. The van der Waals surface area contributed by atoms with Gasteiger partial charge in [-0.1, -0.05) is 12.1 Å². The number of nitrogens with zero attached hydrogens (tertiary/aromatic N) is 3. The number of benzene rings is 1.